The fourth-order valence-corrected chi connectivity index (χ4v) is 1.39. The summed E-state index contributed by atoms with van der Waals surface area (Å²) in [7, 11) is 0. The first-order chi connectivity index (χ1) is 4.13. The van der Waals surface area contributed by atoms with Gasteiger partial charge in [0.25, 0.3) is 0 Å². The van der Waals surface area contributed by atoms with E-state index in [0.29, 0.717) is 0 Å². The highest BCUT2D eigenvalue weighted by Gasteiger charge is 2.30. The van der Waals surface area contributed by atoms with E-state index in [4.69, 9.17) is 0 Å². The fraction of sp³-hybridized carbons (Fsp3) is 0.875. The molecule has 1 aliphatic carbocycles. The normalized spacial score (nSPS) is 45.0. The average molecular weight is 127 g/mol. The van der Waals surface area contributed by atoms with E-state index in [1.165, 1.54) is 12.8 Å². The second-order valence-corrected chi connectivity index (χ2v) is 3.30. The molecule has 0 aromatic heterocycles. The second kappa shape index (κ2) is 2.30. The van der Waals surface area contributed by atoms with Crippen molar-refractivity contribution in [1.29, 1.82) is 0 Å². The highest BCUT2D eigenvalue weighted by Crippen LogP contribution is 2.32. The zero-order valence-electron chi connectivity index (χ0n) is 6.06. The van der Waals surface area contributed by atoms with Gasteiger partial charge in [-0.05, 0) is 32.6 Å². The quantitative estimate of drug-likeness (QED) is 0.525. The zero-order chi connectivity index (χ0) is 6.91. The maximum atomic E-state index is 9.58. The minimum atomic E-state index is -0.474. The van der Waals surface area contributed by atoms with Crippen LogP contribution in [0.2, 0.25) is 0 Å². The van der Waals surface area contributed by atoms with Gasteiger partial charge < -0.3 is 5.11 Å². The van der Waals surface area contributed by atoms with Crippen LogP contribution in [0.5, 0.6) is 0 Å². The van der Waals surface area contributed by atoms with Crippen molar-refractivity contribution in [3.8, 4) is 0 Å². The molecule has 0 amide bonds. The Morgan fingerprint density at radius 2 is 2.22 bits per heavy atom. The first kappa shape index (κ1) is 7.07. The maximum absolute atomic E-state index is 9.58. The predicted molar refractivity (Wildman–Crippen MR) is 37.9 cm³/mol. The molecule has 2 atom stereocenters. The molecule has 1 N–H and O–H groups in total. The second-order valence-electron chi connectivity index (χ2n) is 3.30. The first-order valence-corrected chi connectivity index (χ1v) is 3.68. The van der Waals surface area contributed by atoms with Crippen LogP contribution in [-0.4, -0.2) is 10.7 Å². The summed E-state index contributed by atoms with van der Waals surface area (Å²) in [5, 5.41) is 9.58. The number of hydrogen-bond acceptors (Lipinski definition) is 1. The molecule has 0 aromatic carbocycles. The Balaban J connectivity index is 2.49. The van der Waals surface area contributed by atoms with E-state index in [0.717, 1.165) is 12.8 Å². The summed E-state index contributed by atoms with van der Waals surface area (Å²) in [6, 6.07) is 0. The minimum Gasteiger partial charge on any atom is -0.390 e. The number of hydrogen-bond donors (Lipinski definition) is 1. The van der Waals surface area contributed by atoms with Crippen LogP contribution in [-0.2, 0) is 0 Å². The van der Waals surface area contributed by atoms with Crippen molar-refractivity contribution < 1.29 is 5.11 Å². The van der Waals surface area contributed by atoms with Crippen molar-refractivity contribution in [2.75, 3.05) is 0 Å². The largest absolute Gasteiger partial charge is 0.390 e. The molecule has 1 aliphatic rings. The molecule has 0 saturated heterocycles. The smallest absolute Gasteiger partial charge is 0.0647 e. The summed E-state index contributed by atoms with van der Waals surface area (Å²) in [5.41, 5.74) is -0.474. The summed E-state index contributed by atoms with van der Waals surface area (Å²) in [6.45, 7) is 5.79. The van der Waals surface area contributed by atoms with E-state index >= 15 is 0 Å². The van der Waals surface area contributed by atoms with Gasteiger partial charge in [-0.15, -0.1) is 0 Å². The molecule has 0 spiro atoms. The molecule has 1 rings (SSSR count). The van der Waals surface area contributed by atoms with E-state index in [1.54, 1.807) is 0 Å². The van der Waals surface area contributed by atoms with Gasteiger partial charge in [-0.25, -0.2) is 0 Å². The molecule has 0 bridgehead atoms. The number of aliphatic hydroxyl groups is 1. The predicted octanol–water partition coefficient (Wildman–Crippen LogP) is 1.76. The molecule has 9 heavy (non-hydrogen) atoms. The highest BCUT2D eigenvalue weighted by molar-refractivity contribution is 4.86. The minimum absolute atomic E-state index is 0.256. The van der Waals surface area contributed by atoms with E-state index in [-0.39, 0.29) is 5.92 Å². The van der Waals surface area contributed by atoms with E-state index in [9.17, 15) is 5.11 Å². The van der Waals surface area contributed by atoms with Crippen LogP contribution in [0.4, 0.5) is 0 Å². The van der Waals surface area contributed by atoms with Crippen molar-refractivity contribution in [2.45, 2.75) is 38.2 Å². The lowest BCUT2D eigenvalue weighted by Crippen LogP contribution is -2.35. The Morgan fingerprint density at radius 1 is 1.56 bits per heavy atom. The van der Waals surface area contributed by atoms with Crippen LogP contribution in [0.25, 0.3) is 0 Å². The monoisotopic (exact) mass is 127 g/mol. The molecule has 0 aromatic rings. The van der Waals surface area contributed by atoms with Crippen molar-refractivity contribution in [1.82, 2.24) is 0 Å². The Labute approximate surface area is 57.1 Å². The number of rotatable bonds is 0. The standard InChI is InChI=1S/C8H15O/c1-7-5-3-4-6-8(7,2)9/h7,9H,1,3-6H2,2H3. The van der Waals surface area contributed by atoms with Gasteiger partial charge in [0.2, 0.25) is 0 Å². The molecule has 0 aliphatic heterocycles. The third-order valence-electron chi connectivity index (χ3n) is 2.37. The van der Waals surface area contributed by atoms with Crippen molar-refractivity contribution >= 4 is 0 Å². The van der Waals surface area contributed by atoms with Gasteiger partial charge in [-0.2, -0.15) is 0 Å². The zero-order valence-corrected chi connectivity index (χ0v) is 6.06. The Kier molecular flexibility index (Phi) is 1.80. The molecule has 53 valence electrons. The van der Waals surface area contributed by atoms with E-state index in [1.807, 2.05) is 6.92 Å². The maximum Gasteiger partial charge on any atom is 0.0647 e. The SMILES string of the molecule is [CH2]C1CCCCC1(C)O. The molecule has 1 fully saturated rings. The van der Waals surface area contributed by atoms with Gasteiger partial charge in [0.1, 0.15) is 0 Å². The van der Waals surface area contributed by atoms with Crippen LogP contribution in [0, 0.1) is 12.8 Å². The molecular weight excluding hydrogens is 112 g/mol. The highest BCUT2D eigenvalue weighted by atomic mass is 16.3. The van der Waals surface area contributed by atoms with Gasteiger partial charge in [0.15, 0.2) is 0 Å². The molecule has 1 saturated carbocycles. The molecule has 1 heteroatoms. The van der Waals surface area contributed by atoms with Crippen LogP contribution >= 0.6 is 0 Å². The summed E-state index contributed by atoms with van der Waals surface area (Å²) < 4.78 is 0. The Morgan fingerprint density at radius 3 is 2.56 bits per heavy atom. The lowest BCUT2D eigenvalue weighted by Gasteiger charge is -2.34. The third kappa shape index (κ3) is 1.45. The summed E-state index contributed by atoms with van der Waals surface area (Å²) >= 11 is 0. The van der Waals surface area contributed by atoms with Gasteiger partial charge in [-0.3, -0.25) is 0 Å². The summed E-state index contributed by atoms with van der Waals surface area (Å²) in [4.78, 5) is 0. The van der Waals surface area contributed by atoms with Gasteiger partial charge in [0, 0.05) is 0 Å². The van der Waals surface area contributed by atoms with Crippen LogP contribution < -0.4 is 0 Å². The molecular formula is C8H15O. The van der Waals surface area contributed by atoms with Crippen molar-refractivity contribution in [2.24, 2.45) is 5.92 Å². The Bertz CT molecular complexity index is 96.7. The molecule has 0 heterocycles. The van der Waals surface area contributed by atoms with Gasteiger partial charge >= 0.3 is 0 Å². The lowest BCUT2D eigenvalue weighted by molar-refractivity contribution is -0.0134. The topological polar surface area (TPSA) is 20.2 Å². The third-order valence-corrected chi connectivity index (χ3v) is 2.37. The summed E-state index contributed by atoms with van der Waals surface area (Å²) in [6.07, 6.45) is 4.43. The van der Waals surface area contributed by atoms with Crippen molar-refractivity contribution in [3.63, 3.8) is 0 Å². The average Bonchev–Trinajstić information content (AvgIpc) is 1.77. The van der Waals surface area contributed by atoms with Crippen LogP contribution in [0.1, 0.15) is 32.6 Å². The Hall–Kier alpha value is -0.0400. The summed E-state index contributed by atoms with van der Waals surface area (Å²) in [5.74, 6) is 0.256. The van der Waals surface area contributed by atoms with Crippen LogP contribution in [0.15, 0.2) is 0 Å². The van der Waals surface area contributed by atoms with Crippen molar-refractivity contribution in [3.05, 3.63) is 6.92 Å². The molecule has 1 radical (unpaired) electrons. The van der Waals surface area contributed by atoms with Gasteiger partial charge in [0.05, 0.1) is 5.60 Å². The van der Waals surface area contributed by atoms with Gasteiger partial charge in [-0.1, -0.05) is 12.8 Å². The molecule has 1 nitrogen and oxygen atoms in total. The first-order valence-electron chi connectivity index (χ1n) is 3.68. The van der Waals surface area contributed by atoms with E-state index in [2.05, 4.69) is 6.92 Å². The molecule has 2 unspecified atom stereocenters. The van der Waals surface area contributed by atoms with Crippen LogP contribution in [0.3, 0.4) is 0 Å². The fourth-order valence-electron chi connectivity index (χ4n) is 1.39. The lowest BCUT2D eigenvalue weighted by atomic mass is 9.78. The van der Waals surface area contributed by atoms with E-state index < -0.39 is 5.60 Å².